The first-order chi connectivity index (χ1) is 14.2. The van der Waals surface area contributed by atoms with E-state index in [9.17, 15) is 4.79 Å². The van der Waals surface area contributed by atoms with Crippen LogP contribution in [0.25, 0.3) is 10.9 Å². The monoisotopic (exact) mass is 408 g/mol. The Bertz CT molecular complexity index is 985. The molecule has 0 radical (unpaired) electrons. The number of nitrogens with zero attached hydrogens (tertiary/aromatic N) is 1. The van der Waals surface area contributed by atoms with Gasteiger partial charge in [-0.1, -0.05) is 30.0 Å². The van der Waals surface area contributed by atoms with E-state index in [4.69, 9.17) is 14.5 Å². The predicted octanol–water partition coefficient (Wildman–Crippen LogP) is 4.69. The Kier molecular flexibility index (Phi) is 6.32. The van der Waals surface area contributed by atoms with Crippen LogP contribution in [-0.4, -0.2) is 36.8 Å². The van der Waals surface area contributed by atoms with Gasteiger partial charge in [-0.15, -0.1) is 0 Å². The maximum absolute atomic E-state index is 12.9. The van der Waals surface area contributed by atoms with Gasteiger partial charge in [0.25, 0.3) is 5.91 Å². The van der Waals surface area contributed by atoms with Gasteiger partial charge in [0.1, 0.15) is 10.8 Å². The maximum atomic E-state index is 12.9. The van der Waals surface area contributed by atoms with E-state index >= 15 is 0 Å². The minimum absolute atomic E-state index is 0.0901. The van der Waals surface area contributed by atoms with E-state index in [1.165, 1.54) is 11.8 Å². The smallest absolute Gasteiger partial charge is 0.252 e. The summed E-state index contributed by atoms with van der Waals surface area (Å²) in [7, 11) is 0. The third kappa shape index (κ3) is 4.89. The lowest BCUT2D eigenvalue weighted by Crippen LogP contribution is -2.31. The zero-order valence-corrected chi connectivity index (χ0v) is 17.2. The first kappa shape index (κ1) is 19.7. The number of fused-ring (bicyclic) bond motifs is 1. The molecule has 5 nitrogen and oxygen atoms in total. The van der Waals surface area contributed by atoms with E-state index in [1.807, 2.05) is 61.5 Å². The summed E-state index contributed by atoms with van der Waals surface area (Å²) in [6.45, 7) is 3.93. The third-order valence-electron chi connectivity index (χ3n) is 4.81. The lowest BCUT2D eigenvalue weighted by atomic mass is 10.1. The van der Waals surface area contributed by atoms with E-state index in [2.05, 4.69) is 5.32 Å². The fraction of sp³-hybridized carbons (Fsp3) is 0.304. The van der Waals surface area contributed by atoms with Crippen molar-refractivity contribution in [3.8, 4) is 5.75 Å². The number of ether oxygens (including phenoxy) is 2. The second kappa shape index (κ2) is 9.29. The van der Waals surface area contributed by atoms with Crippen molar-refractivity contribution in [2.24, 2.45) is 0 Å². The Hall–Kier alpha value is -2.57. The molecule has 150 valence electrons. The van der Waals surface area contributed by atoms with Crippen LogP contribution in [-0.2, 0) is 4.74 Å². The number of rotatable bonds is 7. The number of benzene rings is 2. The molecule has 1 fully saturated rings. The van der Waals surface area contributed by atoms with Crippen molar-refractivity contribution in [1.82, 2.24) is 10.3 Å². The molecule has 0 aliphatic carbocycles. The molecular formula is C23H24N2O3S. The molecule has 2 heterocycles. The molecule has 1 aliphatic rings. The maximum Gasteiger partial charge on any atom is 0.252 e. The number of pyridine rings is 1. The van der Waals surface area contributed by atoms with Crippen molar-refractivity contribution in [2.75, 3.05) is 19.8 Å². The van der Waals surface area contributed by atoms with Crippen molar-refractivity contribution < 1.29 is 14.3 Å². The number of hydrogen-bond acceptors (Lipinski definition) is 5. The first-order valence-corrected chi connectivity index (χ1v) is 10.7. The van der Waals surface area contributed by atoms with Crippen LogP contribution < -0.4 is 10.1 Å². The van der Waals surface area contributed by atoms with Crippen LogP contribution in [0, 0.1) is 0 Å². The SMILES string of the molecule is CCOc1ccc(Sc2cc(C(=O)NC[C@@H]3CCCO3)c3ccccc3n2)cc1. The minimum Gasteiger partial charge on any atom is -0.494 e. The lowest BCUT2D eigenvalue weighted by molar-refractivity contribution is 0.0859. The Morgan fingerprint density at radius 3 is 2.83 bits per heavy atom. The molecule has 1 aromatic heterocycles. The highest BCUT2D eigenvalue weighted by Crippen LogP contribution is 2.31. The van der Waals surface area contributed by atoms with Gasteiger partial charge in [-0.3, -0.25) is 4.79 Å². The summed E-state index contributed by atoms with van der Waals surface area (Å²) < 4.78 is 11.1. The van der Waals surface area contributed by atoms with Gasteiger partial charge < -0.3 is 14.8 Å². The average molecular weight is 409 g/mol. The van der Waals surface area contributed by atoms with E-state index in [0.717, 1.165) is 46.0 Å². The minimum atomic E-state index is -0.0901. The molecule has 1 saturated heterocycles. The highest BCUT2D eigenvalue weighted by atomic mass is 32.2. The number of carbonyl (C=O) groups excluding carboxylic acids is 1. The van der Waals surface area contributed by atoms with Crippen LogP contribution in [0.3, 0.4) is 0 Å². The zero-order valence-electron chi connectivity index (χ0n) is 16.4. The van der Waals surface area contributed by atoms with Crippen LogP contribution in [0.4, 0.5) is 0 Å². The highest BCUT2D eigenvalue weighted by Gasteiger charge is 2.18. The summed E-state index contributed by atoms with van der Waals surface area (Å²) in [6, 6.07) is 17.5. The van der Waals surface area contributed by atoms with Crippen LogP contribution >= 0.6 is 11.8 Å². The molecule has 0 bridgehead atoms. The molecule has 29 heavy (non-hydrogen) atoms. The molecule has 1 atom stereocenters. The fourth-order valence-corrected chi connectivity index (χ4v) is 4.22. The summed E-state index contributed by atoms with van der Waals surface area (Å²) in [4.78, 5) is 18.7. The molecule has 1 amide bonds. The van der Waals surface area contributed by atoms with Crippen molar-refractivity contribution in [2.45, 2.75) is 35.8 Å². The van der Waals surface area contributed by atoms with Crippen molar-refractivity contribution >= 4 is 28.6 Å². The molecule has 3 aromatic rings. The second-order valence-electron chi connectivity index (χ2n) is 6.88. The number of carbonyl (C=O) groups is 1. The molecule has 0 unspecified atom stereocenters. The molecule has 1 N–H and O–H groups in total. The molecule has 2 aromatic carbocycles. The molecular weight excluding hydrogens is 384 g/mol. The lowest BCUT2D eigenvalue weighted by Gasteiger charge is -2.13. The zero-order chi connectivity index (χ0) is 20.1. The molecule has 1 aliphatic heterocycles. The van der Waals surface area contributed by atoms with Gasteiger partial charge in [0.15, 0.2) is 0 Å². The Morgan fingerprint density at radius 2 is 2.07 bits per heavy atom. The fourth-order valence-electron chi connectivity index (χ4n) is 3.39. The molecule has 4 rings (SSSR count). The first-order valence-electron chi connectivity index (χ1n) is 9.93. The van der Waals surface area contributed by atoms with E-state index in [-0.39, 0.29) is 12.0 Å². The average Bonchev–Trinajstić information content (AvgIpc) is 3.27. The van der Waals surface area contributed by atoms with Gasteiger partial charge in [-0.2, -0.15) is 0 Å². The van der Waals surface area contributed by atoms with E-state index in [1.54, 1.807) is 0 Å². The number of nitrogens with one attached hydrogen (secondary N) is 1. The Balaban J connectivity index is 1.57. The normalized spacial score (nSPS) is 16.1. The summed E-state index contributed by atoms with van der Waals surface area (Å²) in [5, 5.41) is 4.67. The third-order valence-corrected chi connectivity index (χ3v) is 5.73. The van der Waals surface area contributed by atoms with Crippen LogP contribution in [0.2, 0.25) is 0 Å². The van der Waals surface area contributed by atoms with E-state index in [0.29, 0.717) is 18.7 Å². The summed E-state index contributed by atoms with van der Waals surface area (Å²) in [5.74, 6) is 0.755. The number of para-hydroxylation sites is 1. The van der Waals surface area contributed by atoms with Crippen LogP contribution in [0.15, 0.2) is 64.5 Å². The number of aromatic nitrogens is 1. The predicted molar refractivity (Wildman–Crippen MR) is 115 cm³/mol. The van der Waals surface area contributed by atoms with Gasteiger partial charge >= 0.3 is 0 Å². The largest absolute Gasteiger partial charge is 0.494 e. The van der Waals surface area contributed by atoms with Crippen LogP contribution in [0.1, 0.15) is 30.1 Å². The Labute approximate surface area is 174 Å². The van der Waals surface area contributed by atoms with Crippen molar-refractivity contribution in [1.29, 1.82) is 0 Å². The van der Waals surface area contributed by atoms with Gasteiger partial charge in [0, 0.05) is 23.4 Å². The van der Waals surface area contributed by atoms with Crippen molar-refractivity contribution in [3.63, 3.8) is 0 Å². The topological polar surface area (TPSA) is 60.5 Å². The Morgan fingerprint density at radius 1 is 1.24 bits per heavy atom. The van der Waals surface area contributed by atoms with Gasteiger partial charge in [0.2, 0.25) is 0 Å². The molecule has 0 spiro atoms. The standard InChI is InChI=1S/C23H24N2O3S/c1-2-27-16-9-11-18(12-10-16)29-22-14-20(19-7-3-4-8-21(19)25-22)23(26)24-15-17-6-5-13-28-17/h3-4,7-12,14,17H,2,5-6,13,15H2,1H3,(H,24,26)/t17-/m0/s1. The quantitative estimate of drug-likeness (QED) is 0.614. The summed E-state index contributed by atoms with van der Waals surface area (Å²) >= 11 is 1.53. The van der Waals surface area contributed by atoms with Crippen molar-refractivity contribution in [3.05, 3.63) is 60.2 Å². The van der Waals surface area contributed by atoms with Gasteiger partial charge in [0.05, 0.1) is 23.8 Å². The highest BCUT2D eigenvalue weighted by molar-refractivity contribution is 7.99. The van der Waals surface area contributed by atoms with Gasteiger partial charge in [-0.25, -0.2) is 4.98 Å². The van der Waals surface area contributed by atoms with Crippen LogP contribution in [0.5, 0.6) is 5.75 Å². The van der Waals surface area contributed by atoms with E-state index < -0.39 is 0 Å². The van der Waals surface area contributed by atoms with Gasteiger partial charge in [-0.05, 0) is 56.2 Å². The molecule has 0 saturated carbocycles. The second-order valence-corrected chi connectivity index (χ2v) is 7.97. The summed E-state index contributed by atoms with van der Waals surface area (Å²) in [5.41, 5.74) is 1.45. The number of hydrogen-bond donors (Lipinski definition) is 1. The number of amides is 1. The summed E-state index contributed by atoms with van der Waals surface area (Å²) in [6.07, 6.45) is 2.17. The molecule has 6 heteroatoms.